The molecule has 4 atom stereocenters. The Labute approximate surface area is 182 Å². The van der Waals surface area contributed by atoms with Gasteiger partial charge in [-0.15, -0.1) is 0 Å². The summed E-state index contributed by atoms with van der Waals surface area (Å²) in [5.74, 6) is -2.55. The first-order chi connectivity index (χ1) is 14.8. The molecule has 0 aromatic rings. The maximum absolute atomic E-state index is 11.9. The highest BCUT2D eigenvalue weighted by Gasteiger charge is 2.62. The lowest BCUT2D eigenvalue weighted by Crippen LogP contribution is -2.44. The van der Waals surface area contributed by atoms with Crippen molar-refractivity contribution < 1.29 is 37.1 Å². The monoisotopic (exact) mass is 463 g/mol. The molecule has 5 N–H and O–H groups in total. The molecule has 3 aliphatic rings. The number of carbonyl (C=O) groups is 5. The van der Waals surface area contributed by atoms with Crippen LogP contribution in [0.3, 0.4) is 0 Å². The first-order valence-electron chi connectivity index (χ1n) is 10.2. The molecule has 1 aliphatic carbocycles. The molecule has 5 amide bonds. The zero-order valence-electron chi connectivity index (χ0n) is 17.8. The number of likely N-dealkylation sites (tertiary alicyclic amines) is 1. The number of hydrogen-bond donors (Lipinski definition) is 4. The third-order valence-corrected chi connectivity index (χ3v) is 6.43. The van der Waals surface area contributed by atoms with Crippen LogP contribution in [0.5, 0.6) is 0 Å². The van der Waals surface area contributed by atoms with Crippen LogP contribution in [0.2, 0.25) is 0 Å². The van der Waals surface area contributed by atoms with Crippen LogP contribution in [-0.4, -0.2) is 73.3 Å². The fourth-order valence-corrected chi connectivity index (χ4v) is 4.21. The number of primary amides is 1. The van der Waals surface area contributed by atoms with Gasteiger partial charge in [0.2, 0.25) is 24.1 Å². The Morgan fingerprint density at radius 3 is 2.31 bits per heavy atom. The number of rotatable bonds is 7. The second-order valence-electron chi connectivity index (χ2n) is 8.77. The van der Waals surface area contributed by atoms with Gasteiger partial charge in [0.1, 0.15) is 6.04 Å². The van der Waals surface area contributed by atoms with Crippen LogP contribution in [0.25, 0.3) is 0 Å². The molecule has 180 valence electrons. The highest BCUT2D eigenvalue weighted by atomic mass is 19.4. The number of amides is 5. The third kappa shape index (κ3) is 6.10. The van der Waals surface area contributed by atoms with Gasteiger partial charge in [-0.25, -0.2) is 0 Å². The Hall–Kier alpha value is -2.86. The molecule has 0 spiro atoms. The van der Waals surface area contributed by atoms with E-state index in [0.29, 0.717) is 44.3 Å². The minimum absolute atomic E-state index is 0.0797. The fraction of sp³-hybridized carbons (Fsp3) is 0.737. The maximum atomic E-state index is 11.9. The van der Waals surface area contributed by atoms with Gasteiger partial charge in [0, 0.05) is 25.6 Å². The van der Waals surface area contributed by atoms with E-state index in [-0.39, 0.29) is 23.7 Å². The van der Waals surface area contributed by atoms with Crippen LogP contribution in [-0.2, 0) is 24.0 Å². The van der Waals surface area contributed by atoms with E-state index in [1.54, 1.807) is 5.32 Å². The molecule has 3 rings (SSSR count). The number of carbonyl (C=O) groups excluding carboxylic acids is 5. The van der Waals surface area contributed by atoms with Crippen LogP contribution in [0, 0.1) is 23.2 Å². The second-order valence-corrected chi connectivity index (χ2v) is 8.77. The van der Waals surface area contributed by atoms with E-state index in [9.17, 15) is 37.1 Å². The van der Waals surface area contributed by atoms with Crippen LogP contribution in [0.15, 0.2) is 0 Å². The quantitative estimate of drug-likeness (QED) is 0.353. The van der Waals surface area contributed by atoms with E-state index in [1.807, 2.05) is 0 Å². The lowest BCUT2D eigenvalue weighted by atomic mass is 9.98. The Bertz CT molecular complexity index is 759. The van der Waals surface area contributed by atoms with Crippen molar-refractivity contribution in [3.05, 3.63) is 0 Å². The summed E-state index contributed by atoms with van der Waals surface area (Å²) < 4.78 is 35.7. The van der Waals surface area contributed by atoms with E-state index in [0.717, 1.165) is 0 Å². The minimum atomic E-state index is -4.94. The summed E-state index contributed by atoms with van der Waals surface area (Å²) in [5.41, 5.74) is 5.30. The van der Waals surface area contributed by atoms with Crippen molar-refractivity contribution in [2.45, 2.75) is 38.9 Å². The van der Waals surface area contributed by atoms with E-state index in [4.69, 9.17) is 5.73 Å². The highest BCUT2D eigenvalue weighted by molar-refractivity contribution is 5.87. The fourth-order valence-electron chi connectivity index (χ4n) is 4.21. The first kappa shape index (κ1) is 25.4. The van der Waals surface area contributed by atoms with Crippen molar-refractivity contribution in [3.8, 4) is 0 Å². The topological polar surface area (TPSA) is 151 Å². The molecule has 0 aromatic carbocycles. The number of halogens is 3. The van der Waals surface area contributed by atoms with Crippen LogP contribution >= 0.6 is 0 Å². The summed E-state index contributed by atoms with van der Waals surface area (Å²) in [6, 6.07) is -0.749. The normalized spacial score (nSPS) is 26.1. The molecular formula is C19H28F3N5O5. The molecule has 2 aliphatic heterocycles. The van der Waals surface area contributed by atoms with Crippen molar-refractivity contribution in [1.29, 1.82) is 0 Å². The lowest BCUT2D eigenvalue weighted by Gasteiger charge is -2.22. The Morgan fingerprint density at radius 1 is 1.28 bits per heavy atom. The van der Waals surface area contributed by atoms with E-state index in [2.05, 4.69) is 24.5 Å². The highest BCUT2D eigenvalue weighted by Crippen LogP contribution is 2.61. The van der Waals surface area contributed by atoms with Gasteiger partial charge in [0.25, 0.3) is 0 Å². The third-order valence-electron chi connectivity index (χ3n) is 6.43. The molecule has 1 saturated carbocycles. The number of hydrogen-bond acceptors (Lipinski definition) is 5. The number of alkyl halides is 3. The van der Waals surface area contributed by atoms with Gasteiger partial charge < -0.3 is 26.6 Å². The molecule has 4 unspecified atom stereocenters. The maximum Gasteiger partial charge on any atom is 0.471 e. The zero-order valence-corrected chi connectivity index (χ0v) is 17.8. The van der Waals surface area contributed by atoms with E-state index in [1.165, 1.54) is 4.90 Å². The van der Waals surface area contributed by atoms with Gasteiger partial charge in [-0.1, -0.05) is 13.8 Å². The van der Waals surface area contributed by atoms with Gasteiger partial charge in [-0.2, -0.15) is 13.2 Å². The van der Waals surface area contributed by atoms with Gasteiger partial charge in [-0.05, 0) is 30.1 Å². The second kappa shape index (κ2) is 9.74. The van der Waals surface area contributed by atoms with Crippen molar-refractivity contribution in [1.82, 2.24) is 20.9 Å². The van der Waals surface area contributed by atoms with E-state index < -0.39 is 36.5 Å². The summed E-state index contributed by atoms with van der Waals surface area (Å²) in [6.07, 6.45) is -3.55. The smallest absolute Gasteiger partial charge is 0.368 e. The predicted molar refractivity (Wildman–Crippen MR) is 104 cm³/mol. The SMILES string of the molecule is CC1(C)C2CN(C(=O)CNC(=O)C(F)(F)F)CC21.NC(=O)C(CC1CCNC1=O)NC=O. The number of nitrogens with two attached hydrogens (primary N) is 1. The average Bonchev–Trinajstić information content (AvgIpc) is 3.10. The number of nitrogens with zero attached hydrogens (tertiary/aromatic N) is 1. The van der Waals surface area contributed by atoms with Gasteiger partial charge in [0.15, 0.2) is 0 Å². The molecule has 3 fully saturated rings. The number of fused-ring (bicyclic) bond motifs is 1. The zero-order chi connectivity index (χ0) is 24.3. The van der Waals surface area contributed by atoms with Gasteiger partial charge in [0.05, 0.1) is 6.54 Å². The Kier molecular flexibility index (Phi) is 7.73. The van der Waals surface area contributed by atoms with Crippen LogP contribution < -0.4 is 21.7 Å². The molecule has 0 radical (unpaired) electrons. The predicted octanol–water partition coefficient (Wildman–Crippen LogP) is -1.11. The van der Waals surface area contributed by atoms with Gasteiger partial charge >= 0.3 is 12.1 Å². The molecule has 2 saturated heterocycles. The molecular weight excluding hydrogens is 435 g/mol. The number of piperidine rings is 1. The largest absolute Gasteiger partial charge is 0.471 e. The Balaban J connectivity index is 0.000000235. The Morgan fingerprint density at radius 2 is 1.88 bits per heavy atom. The molecule has 0 aromatic heterocycles. The van der Waals surface area contributed by atoms with Crippen molar-refractivity contribution in [2.75, 3.05) is 26.2 Å². The van der Waals surface area contributed by atoms with Crippen molar-refractivity contribution in [3.63, 3.8) is 0 Å². The van der Waals surface area contributed by atoms with Crippen molar-refractivity contribution in [2.24, 2.45) is 28.9 Å². The first-order valence-corrected chi connectivity index (χ1v) is 10.2. The van der Waals surface area contributed by atoms with Crippen LogP contribution in [0.1, 0.15) is 26.7 Å². The summed E-state index contributed by atoms with van der Waals surface area (Å²) in [7, 11) is 0. The van der Waals surface area contributed by atoms with E-state index >= 15 is 0 Å². The summed E-state index contributed by atoms with van der Waals surface area (Å²) in [6.45, 7) is 5.44. The molecule has 32 heavy (non-hydrogen) atoms. The standard InChI is InChI=1S/C11H15F3N2O2.C8H13N3O3/c1-10(2)6-4-16(5-7(6)10)8(17)3-15-9(18)11(12,13)14;9-7(13)6(11-4-12)3-5-1-2-10-8(5)14/h6-7H,3-5H2,1-2H3,(H,15,18);4-6H,1-3H2,(H2,9,13)(H,10,14)(H,11,12). The van der Waals surface area contributed by atoms with Crippen LogP contribution in [0.4, 0.5) is 13.2 Å². The molecule has 10 nitrogen and oxygen atoms in total. The molecule has 13 heteroatoms. The average molecular weight is 463 g/mol. The summed E-state index contributed by atoms with van der Waals surface area (Å²) in [5, 5.41) is 6.54. The summed E-state index contributed by atoms with van der Waals surface area (Å²) in [4.78, 5) is 55.8. The van der Waals surface area contributed by atoms with Gasteiger partial charge in [-0.3, -0.25) is 24.0 Å². The summed E-state index contributed by atoms with van der Waals surface area (Å²) >= 11 is 0. The number of nitrogens with one attached hydrogen (secondary N) is 3. The molecule has 0 bridgehead atoms. The molecule has 2 heterocycles. The lowest BCUT2D eigenvalue weighted by molar-refractivity contribution is -0.174. The minimum Gasteiger partial charge on any atom is -0.368 e. The van der Waals surface area contributed by atoms with Crippen molar-refractivity contribution >= 4 is 30.0 Å².